The first kappa shape index (κ1) is 15.3. The molecule has 0 saturated carbocycles. The van der Waals surface area contributed by atoms with Crippen molar-refractivity contribution in [1.82, 2.24) is 0 Å². The molecule has 0 aliphatic heterocycles. The monoisotopic (exact) mass is 224 g/mol. The van der Waals surface area contributed by atoms with Gasteiger partial charge in [0.05, 0.1) is 11.5 Å². The van der Waals surface area contributed by atoms with Crippen molar-refractivity contribution in [2.75, 3.05) is 24.0 Å². The van der Waals surface area contributed by atoms with Gasteiger partial charge in [-0.15, -0.1) is 0 Å². The van der Waals surface area contributed by atoms with Gasteiger partial charge in [-0.05, 0) is 20.1 Å². The van der Waals surface area contributed by atoms with E-state index in [0.29, 0.717) is 5.75 Å². The first-order valence-electron chi connectivity index (χ1n) is 3.68. The molecule has 1 atom stereocenters. The molecule has 3 nitrogen and oxygen atoms in total. The number of hydrogen-bond donors (Lipinski definition) is 0. The molecule has 0 heterocycles. The number of carbonyl (C=O) groups excluding carboxylic acids is 2. The molecular weight excluding hydrogens is 208 g/mol. The van der Waals surface area contributed by atoms with Crippen LogP contribution in [0.5, 0.6) is 0 Å². The average molecular weight is 224 g/mol. The first-order valence-corrected chi connectivity index (χ1v) is 6.80. The summed E-state index contributed by atoms with van der Waals surface area (Å²) in [6.45, 7) is 3.03. The van der Waals surface area contributed by atoms with E-state index in [1.54, 1.807) is 18.7 Å². The summed E-state index contributed by atoms with van der Waals surface area (Å²) in [4.78, 5) is 20.1. The van der Waals surface area contributed by atoms with Crippen molar-refractivity contribution in [2.45, 2.75) is 13.8 Å². The third kappa shape index (κ3) is 24.5. The van der Waals surface area contributed by atoms with Crippen LogP contribution in [0.15, 0.2) is 0 Å². The van der Waals surface area contributed by atoms with Crippen molar-refractivity contribution in [3.8, 4) is 0 Å². The van der Waals surface area contributed by atoms with Gasteiger partial charge in [0.25, 0.3) is 0 Å². The SMILES string of the molecule is CC(=O)CS(C)=O.CSCC(C)=O. The van der Waals surface area contributed by atoms with Gasteiger partial charge < -0.3 is 0 Å². The second-order valence-electron chi connectivity index (χ2n) is 2.55. The Hall–Kier alpha value is -0.160. The molecule has 0 amide bonds. The molecule has 0 aromatic heterocycles. The Morgan fingerprint density at radius 3 is 1.69 bits per heavy atom. The van der Waals surface area contributed by atoms with Crippen LogP contribution < -0.4 is 0 Å². The normalized spacial score (nSPS) is 11.1. The summed E-state index contributed by atoms with van der Waals surface area (Å²) in [6.07, 6.45) is 3.43. The van der Waals surface area contributed by atoms with Crippen LogP contribution >= 0.6 is 11.8 Å². The first-order chi connectivity index (χ1) is 5.90. The minimum Gasteiger partial charge on any atom is -0.299 e. The van der Waals surface area contributed by atoms with E-state index in [1.165, 1.54) is 13.2 Å². The molecule has 0 aromatic rings. The molecule has 5 heteroatoms. The van der Waals surface area contributed by atoms with Crippen LogP contribution in [-0.4, -0.2) is 39.8 Å². The van der Waals surface area contributed by atoms with Crippen molar-refractivity contribution < 1.29 is 13.8 Å². The van der Waals surface area contributed by atoms with E-state index in [1.807, 2.05) is 6.26 Å². The minimum atomic E-state index is -0.945. The maximum Gasteiger partial charge on any atom is 0.142 e. The van der Waals surface area contributed by atoms with Crippen LogP contribution in [0.1, 0.15) is 13.8 Å². The maximum absolute atomic E-state index is 10.1. The summed E-state index contributed by atoms with van der Waals surface area (Å²) < 4.78 is 10.1. The topological polar surface area (TPSA) is 51.2 Å². The van der Waals surface area contributed by atoms with Crippen molar-refractivity contribution in [3.05, 3.63) is 0 Å². The molecule has 1 unspecified atom stereocenters. The Morgan fingerprint density at radius 1 is 1.23 bits per heavy atom. The van der Waals surface area contributed by atoms with Crippen LogP contribution in [0.4, 0.5) is 0 Å². The van der Waals surface area contributed by atoms with Gasteiger partial charge in [-0.1, -0.05) is 0 Å². The van der Waals surface area contributed by atoms with Gasteiger partial charge >= 0.3 is 0 Å². The predicted molar refractivity (Wildman–Crippen MR) is 58.7 cm³/mol. The lowest BCUT2D eigenvalue weighted by Gasteiger charge is -1.83. The zero-order chi connectivity index (χ0) is 10.9. The fraction of sp³-hybridized carbons (Fsp3) is 0.750. The Morgan fingerprint density at radius 2 is 1.69 bits per heavy atom. The molecule has 0 N–H and O–H groups in total. The van der Waals surface area contributed by atoms with Gasteiger partial charge in [-0.3, -0.25) is 13.8 Å². The third-order valence-corrected chi connectivity index (χ3v) is 2.26. The number of rotatable bonds is 4. The van der Waals surface area contributed by atoms with Crippen LogP contribution in [0.2, 0.25) is 0 Å². The van der Waals surface area contributed by atoms with E-state index in [2.05, 4.69) is 0 Å². The highest BCUT2D eigenvalue weighted by Gasteiger charge is 1.92. The molecule has 0 bridgehead atoms. The second-order valence-corrected chi connectivity index (χ2v) is 4.86. The fourth-order valence-electron chi connectivity index (χ4n) is 0.490. The molecule has 0 aromatic carbocycles. The van der Waals surface area contributed by atoms with Crippen LogP contribution in [0.3, 0.4) is 0 Å². The molecule has 0 radical (unpaired) electrons. The van der Waals surface area contributed by atoms with E-state index >= 15 is 0 Å². The second kappa shape index (κ2) is 9.92. The molecular formula is C8H16O3S2. The number of carbonyl (C=O) groups is 2. The van der Waals surface area contributed by atoms with Crippen molar-refractivity contribution >= 4 is 34.1 Å². The number of Topliss-reactive ketones (excluding diaryl/α,β-unsaturated/α-hetero) is 2. The van der Waals surface area contributed by atoms with E-state index in [-0.39, 0.29) is 17.3 Å². The molecule has 0 spiro atoms. The summed E-state index contributed by atoms with van der Waals surface area (Å²) in [5.74, 6) is 1.09. The van der Waals surface area contributed by atoms with Crippen molar-refractivity contribution in [3.63, 3.8) is 0 Å². The highest BCUT2D eigenvalue weighted by Crippen LogP contribution is 1.88. The maximum atomic E-state index is 10.1. The summed E-state index contributed by atoms with van der Waals surface area (Å²) in [5, 5.41) is 0. The lowest BCUT2D eigenvalue weighted by Crippen LogP contribution is -2.03. The summed E-state index contributed by atoms with van der Waals surface area (Å²) in [6, 6.07) is 0. The van der Waals surface area contributed by atoms with Gasteiger partial charge in [-0.2, -0.15) is 11.8 Å². The third-order valence-electron chi connectivity index (χ3n) is 0.754. The Balaban J connectivity index is 0. The van der Waals surface area contributed by atoms with Gasteiger partial charge in [0.15, 0.2) is 0 Å². The highest BCUT2D eigenvalue weighted by atomic mass is 32.2. The van der Waals surface area contributed by atoms with Crippen LogP contribution in [-0.2, 0) is 20.4 Å². The Bertz CT molecular complexity index is 178. The molecule has 13 heavy (non-hydrogen) atoms. The summed E-state index contributed by atoms with van der Waals surface area (Å²) in [7, 11) is -0.945. The van der Waals surface area contributed by atoms with Crippen LogP contribution in [0.25, 0.3) is 0 Å². The minimum absolute atomic E-state index is 0.0131. The Kier molecular flexibility index (Phi) is 11.7. The zero-order valence-electron chi connectivity index (χ0n) is 8.46. The molecule has 78 valence electrons. The van der Waals surface area contributed by atoms with Gasteiger partial charge in [0.1, 0.15) is 11.6 Å². The lowest BCUT2D eigenvalue weighted by atomic mass is 10.5. The molecule has 0 aliphatic rings. The van der Waals surface area contributed by atoms with E-state index in [9.17, 15) is 13.8 Å². The van der Waals surface area contributed by atoms with Gasteiger partial charge in [0, 0.05) is 17.1 Å². The Labute approximate surface area is 86.1 Å². The van der Waals surface area contributed by atoms with Crippen molar-refractivity contribution in [2.24, 2.45) is 0 Å². The predicted octanol–water partition coefficient (Wildman–Crippen LogP) is 0.892. The van der Waals surface area contributed by atoms with Gasteiger partial charge in [-0.25, -0.2) is 0 Å². The lowest BCUT2D eigenvalue weighted by molar-refractivity contribution is -0.115. The number of hydrogen-bond acceptors (Lipinski definition) is 4. The number of ketones is 2. The molecule has 0 saturated heterocycles. The summed E-state index contributed by atoms with van der Waals surface area (Å²) >= 11 is 1.56. The molecule has 0 aliphatic carbocycles. The summed E-state index contributed by atoms with van der Waals surface area (Å²) in [5.41, 5.74) is 0. The van der Waals surface area contributed by atoms with E-state index in [0.717, 1.165) is 0 Å². The quantitative estimate of drug-likeness (QED) is 0.711. The zero-order valence-corrected chi connectivity index (χ0v) is 10.1. The average Bonchev–Trinajstić information content (AvgIpc) is 1.83. The van der Waals surface area contributed by atoms with Gasteiger partial charge in [0.2, 0.25) is 0 Å². The smallest absolute Gasteiger partial charge is 0.142 e. The van der Waals surface area contributed by atoms with Crippen LogP contribution in [0, 0.1) is 0 Å². The molecule has 0 fully saturated rings. The largest absolute Gasteiger partial charge is 0.299 e. The van der Waals surface area contributed by atoms with E-state index < -0.39 is 10.8 Å². The van der Waals surface area contributed by atoms with Crippen molar-refractivity contribution in [1.29, 1.82) is 0 Å². The molecule has 0 rings (SSSR count). The van der Waals surface area contributed by atoms with E-state index in [4.69, 9.17) is 0 Å². The highest BCUT2D eigenvalue weighted by molar-refractivity contribution is 7.99. The fourth-order valence-corrected chi connectivity index (χ4v) is 1.47. The standard InChI is InChI=1S/C4H8O2S.C4H8OS/c1-4(5)3-7(2)6;1-4(5)3-6-2/h3H2,1-2H3;3H2,1-2H3. The number of thioether (sulfide) groups is 1.